The topological polar surface area (TPSA) is 41.9 Å². The fourth-order valence-electron chi connectivity index (χ4n) is 2.49. The molecule has 9 heteroatoms. The zero-order valence-corrected chi connectivity index (χ0v) is 16.9. The normalized spacial score (nSPS) is 15.5. The Balaban J connectivity index is 1.93. The van der Waals surface area contributed by atoms with Gasteiger partial charge < -0.3 is 4.74 Å². The summed E-state index contributed by atoms with van der Waals surface area (Å²) in [5, 5.41) is 1.38. The fraction of sp³-hybridized carbons (Fsp3) is 0.158. The standard InChI is InChI=1S/C19H14Cl2F2N2O2S/c1-2-28-19-24-16(9-11-3-4-12(20)10-15(11)21)17(26)25(19)13-5-7-14(8-6-13)27-18(22)23/h3-10,18H,2H2,1H3. The Bertz CT molecular complexity index is 949. The minimum atomic E-state index is -2.91. The highest BCUT2D eigenvalue weighted by Gasteiger charge is 2.31. The van der Waals surface area contributed by atoms with Gasteiger partial charge in [-0.1, -0.05) is 48.0 Å². The number of ether oxygens (including phenoxy) is 1. The second kappa shape index (κ2) is 8.94. The van der Waals surface area contributed by atoms with Crippen LogP contribution in [0.5, 0.6) is 5.75 Å². The van der Waals surface area contributed by atoms with Crippen molar-refractivity contribution in [1.29, 1.82) is 0 Å². The van der Waals surface area contributed by atoms with Crippen LogP contribution in [-0.4, -0.2) is 23.4 Å². The molecule has 0 atom stereocenters. The molecule has 0 aromatic heterocycles. The maximum atomic E-state index is 12.9. The minimum Gasteiger partial charge on any atom is -0.435 e. The Morgan fingerprint density at radius 2 is 1.93 bits per heavy atom. The SMILES string of the molecule is CCSC1=NC(=Cc2ccc(Cl)cc2Cl)C(=O)N1c1ccc(OC(F)F)cc1. The molecule has 1 heterocycles. The lowest BCUT2D eigenvalue weighted by Gasteiger charge is -2.17. The van der Waals surface area contributed by atoms with Gasteiger partial charge in [-0.2, -0.15) is 8.78 Å². The molecule has 0 saturated carbocycles. The summed E-state index contributed by atoms with van der Waals surface area (Å²) in [5.74, 6) is 0.365. The molecule has 1 amide bonds. The van der Waals surface area contributed by atoms with E-state index in [-0.39, 0.29) is 17.4 Å². The van der Waals surface area contributed by atoms with E-state index in [4.69, 9.17) is 23.2 Å². The van der Waals surface area contributed by atoms with E-state index in [0.717, 1.165) is 0 Å². The molecule has 28 heavy (non-hydrogen) atoms. The van der Waals surface area contributed by atoms with Gasteiger partial charge in [-0.15, -0.1) is 0 Å². The van der Waals surface area contributed by atoms with Crippen molar-refractivity contribution in [3.8, 4) is 5.75 Å². The highest BCUT2D eigenvalue weighted by atomic mass is 35.5. The number of nitrogens with zero attached hydrogens (tertiary/aromatic N) is 2. The van der Waals surface area contributed by atoms with Crippen LogP contribution in [0.25, 0.3) is 6.08 Å². The smallest absolute Gasteiger partial charge is 0.387 e. The quantitative estimate of drug-likeness (QED) is 0.525. The summed E-state index contributed by atoms with van der Waals surface area (Å²) >= 11 is 13.5. The molecule has 0 aliphatic carbocycles. The summed E-state index contributed by atoms with van der Waals surface area (Å²) in [6.45, 7) is -0.974. The third kappa shape index (κ3) is 4.66. The minimum absolute atomic E-state index is 0.00995. The molecule has 2 aromatic carbocycles. The molecule has 3 rings (SSSR count). The molecule has 0 radical (unpaired) electrons. The average Bonchev–Trinajstić information content (AvgIpc) is 2.93. The molecule has 1 aliphatic heterocycles. The van der Waals surface area contributed by atoms with Gasteiger partial charge in [0.1, 0.15) is 11.4 Å². The summed E-state index contributed by atoms with van der Waals surface area (Å²) < 4.78 is 29.0. The molecule has 2 aromatic rings. The van der Waals surface area contributed by atoms with Gasteiger partial charge in [0, 0.05) is 10.0 Å². The number of amidine groups is 1. The van der Waals surface area contributed by atoms with Gasteiger partial charge in [-0.25, -0.2) is 4.99 Å². The molecular formula is C19H14Cl2F2N2O2S. The number of anilines is 1. The highest BCUT2D eigenvalue weighted by Crippen LogP contribution is 2.32. The first kappa shape index (κ1) is 20.6. The van der Waals surface area contributed by atoms with Crippen LogP contribution in [0, 0.1) is 0 Å². The first-order chi connectivity index (χ1) is 13.4. The molecule has 1 aliphatic rings. The molecule has 0 unspecified atom stereocenters. The van der Waals surface area contributed by atoms with E-state index in [1.807, 2.05) is 6.92 Å². The summed E-state index contributed by atoms with van der Waals surface area (Å²) in [5.41, 5.74) is 1.33. The van der Waals surface area contributed by atoms with E-state index >= 15 is 0 Å². The first-order valence-electron chi connectivity index (χ1n) is 8.16. The number of aliphatic imine (C=N–C) groups is 1. The third-order valence-electron chi connectivity index (χ3n) is 3.68. The second-order valence-corrected chi connectivity index (χ2v) is 7.61. The number of thioether (sulfide) groups is 1. The van der Waals surface area contributed by atoms with Gasteiger partial charge in [0.05, 0.1) is 5.69 Å². The number of rotatable bonds is 5. The molecule has 0 fully saturated rings. The average molecular weight is 443 g/mol. The van der Waals surface area contributed by atoms with E-state index < -0.39 is 6.61 Å². The van der Waals surface area contributed by atoms with Crippen molar-refractivity contribution in [3.05, 3.63) is 63.8 Å². The molecule has 0 spiro atoms. The Morgan fingerprint density at radius 3 is 2.54 bits per heavy atom. The fourth-order valence-corrected chi connectivity index (χ4v) is 3.69. The molecule has 0 bridgehead atoms. The molecule has 146 valence electrons. The maximum absolute atomic E-state index is 12.9. The predicted molar refractivity (Wildman–Crippen MR) is 111 cm³/mol. The summed E-state index contributed by atoms with van der Waals surface area (Å²) in [7, 11) is 0. The van der Waals surface area contributed by atoms with Gasteiger partial charge in [0.15, 0.2) is 5.17 Å². The van der Waals surface area contributed by atoms with E-state index in [1.54, 1.807) is 24.3 Å². The van der Waals surface area contributed by atoms with Crippen molar-refractivity contribution in [2.75, 3.05) is 10.7 Å². The predicted octanol–water partition coefficient (Wildman–Crippen LogP) is 6.09. The van der Waals surface area contributed by atoms with Crippen LogP contribution in [0.3, 0.4) is 0 Å². The van der Waals surface area contributed by atoms with Crippen LogP contribution in [0.4, 0.5) is 14.5 Å². The number of carbonyl (C=O) groups excluding carboxylic acids is 1. The van der Waals surface area contributed by atoms with E-state index in [1.165, 1.54) is 40.9 Å². The lowest BCUT2D eigenvalue weighted by molar-refractivity contribution is -0.113. The van der Waals surface area contributed by atoms with E-state index in [0.29, 0.717) is 32.2 Å². The van der Waals surface area contributed by atoms with Crippen molar-refractivity contribution >= 4 is 57.8 Å². The lowest BCUT2D eigenvalue weighted by Crippen LogP contribution is -2.30. The van der Waals surface area contributed by atoms with Crippen LogP contribution in [0.15, 0.2) is 53.2 Å². The second-order valence-electron chi connectivity index (χ2n) is 5.54. The van der Waals surface area contributed by atoms with Crippen molar-refractivity contribution in [1.82, 2.24) is 0 Å². The zero-order valence-electron chi connectivity index (χ0n) is 14.5. The van der Waals surface area contributed by atoms with Crippen molar-refractivity contribution in [3.63, 3.8) is 0 Å². The van der Waals surface area contributed by atoms with Crippen LogP contribution in [0.2, 0.25) is 10.0 Å². The summed E-state index contributed by atoms with van der Waals surface area (Å²) in [6.07, 6.45) is 1.59. The number of alkyl halides is 2. The van der Waals surface area contributed by atoms with Crippen molar-refractivity contribution in [2.24, 2.45) is 4.99 Å². The van der Waals surface area contributed by atoms with Gasteiger partial charge in [-0.05, 0) is 53.8 Å². The number of hydrogen-bond donors (Lipinski definition) is 0. The number of benzene rings is 2. The molecule has 0 saturated heterocycles. The van der Waals surface area contributed by atoms with Gasteiger partial charge in [0.25, 0.3) is 5.91 Å². The van der Waals surface area contributed by atoms with Crippen LogP contribution in [0.1, 0.15) is 12.5 Å². The van der Waals surface area contributed by atoms with E-state index in [2.05, 4.69) is 9.73 Å². The van der Waals surface area contributed by atoms with Crippen LogP contribution >= 0.6 is 35.0 Å². The Hall–Kier alpha value is -2.09. The van der Waals surface area contributed by atoms with Crippen LogP contribution in [-0.2, 0) is 4.79 Å². The molecule has 4 nitrogen and oxygen atoms in total. The molecular weight excluding hydrogens is 429 g/mol. The summed E-state index contributed by atoms with van der Waals surface area (Å²) in [6, 6.07) is 10.8. The van der Waals surface area contributed by atoms with Gasteiger partial charge in [-0.3, -0.25) is 9.69 Å². The van der Waals surface area contributed by atoms with Gasteiger partial charge >= 0.3 is 6.61 Å². The number of halogens is 4. The number of carbonyl (C=O) groups is 1. The lowest BCUT2D eigenvalue weighted by atomic mass is 10.2. The Kier molecular flexibility index (Phi) is 6.59. The monoisotopic (exact) mass is 442 g/mol. The number of amides is 1. The van der Waals surface area contributed by atoms with Crippen LogP contribution < -0.4 is 9.64 Å². The van der Waals surface area contributed by atoms with Crippen molar-refractivity contribution in [2.45, 2.75) is 13.5 Å². The van der Waals surface area contributed by atoms with E-state index in [9.17, 15) is 13.6 Å². The van der Waals surface area contributed by atoms with Crippen molar-refractivity contribution < 1.29 is 18.3 Å². The zero-order chi connectivity index (χ0) is 20.3. The Morgan fingerprint density at radius 1 is 1.21 bits per heavy atom. The largest absolute Gasteiger partial charge is 0.435 e. The van der Waals surface area contributed by atoms with Gasteiger partial charge in [0.2, 0.25) is 0 Å². The highest BCUT2D eigenvalue weighted by molar-refractivity contribution is 8.14. The Labute approximate surface area is 174 Å². The number of hydrogen-bond acceptors (Lipinski definition) is 4. The first-order valence-corrected chi connectivity index (χ1v) is 9.90. The summed E-state index contributed by atoms with van der Waals surface area (Å²) in [4.78, 5) is 18.8. The maximum Gasteiger partial charge on any atom is 0.387 e. The third-order valence-corrected chi connectivity index (χ3v) is 5.06. The molecule has 0 N–H and O–H groups in total.